The number of benzene rings is 1. The number of hydrogen-bond acceptors (Lipinski definition) is 3. The quantitative estimate of drug-likeness (QED) is 0.756. The Morgan fingerprint density at radius 1 is 1.28 bits per heavy atom. The lowest BCUT2D eigenvalue weighted by molar-refractivity contribution is 0.196. The molecule has 0 aliphatic rings. The highest BCUT2D eigenvalue weighted by Crippen LogP contribution is 2.22. The Balaban J connectivity index is 2.44. The highest BCUT2D eigenvalue weighted by Gasteiger charge is 2.09. The summed E-state index contributed by atoms with van der Waals surface area (Å²) in [5.41, 5.74) is 7.82. The molecule has 0 fully saturated rings. The summed E-state index contributed by atoms with van der Waals surface area (Å²) in [4.78, 5) is 2.41. The number of hydrogen-bond donors (Lipinski definition) is 1. The van der Waals surface area contributed by atoms with Crippen molar-refractivity contribution in [3.05, 3.63) is 23.8 Å². The number of nitrogens with zero attached hydrogens (tertiary/aromatic N) is 1. The Morgan fingerprint density at radius 2 is 1.94 bits per heavy atom. The summed E-state index contributed by atoms with van der Waals surface area (Å²) in [7, 11) is 0. The normalized spacial score (nSPS) is 12.7. The molecule has 0 amide bonds. The summed E-state index contributed by atoms with van der Waals surface area (Å²) < 4.78 is 5.79. The van der Waals surface area contributed by atoms with E-state index in [2.05, 4.69) is 25.7 Å². The first-order valence-electron chi connectivity index (χ1n) is 6.78. The second-order valence-corrected chi connectivity index (χ2v) is 4.94. The molecule has 2 N–H and O–H groups in total. The van der Waals surface area contributed by atoms with Crippen LogP contribution in [0.3, 0.4) is 0 Å². The molecule has 1 aromatic rings. The third-order valence-electron chi connectivity index (χ3n) is 3.15. The van der Waals surface area contributed by atoms with Crippen LogP contribution in [0.1, 0.15) is 26.3 Å². The van der Waals surface area contributed by atoms with Gasteiger partial charge in [-0.05, 0) is 37.7 Å². The lowest BCUT2D eigenvalue weighted by Gasteiger charge is -2.23. The first-order valence-corrected chi connectivity index (χ1v) is 6.78. The zero-order chi connectivity index (χ0) is 13.5. The summed E-state index contributed by atoms with van der Waals surface area (Å²) in [5, 5.41) is 0. The lowest BCUT2D eigenvalue weighted by Crippen LogP contribution is -2.30. The molecule has 0 bridgehead atoms. The van der Waals surface area contributed by atoms with Gasteiger partial charge in [0.05, 0.1) is 12.3 Å². The van der Waals surface area contributed by atoms with Crippen LogP contribution in [-0.2, 0) is 0 Å². The molecule has 18 heavy (non-hydrogen) atoms. The number of nitrogens with two attached hydrogens (primary N) is 1. The summed E-state index contributed by atoms with van der Waals surface area (Å²) >= 11 is 0. The third kappa shape index (κ3) is 4.57. The Morgan fingerprint density at radius 3 is 2.50 bits per heavy atom. The summed E-state index contributed by atoms with van der Waals surface area (Å²) in [6.45, 7) is 12.6. The molecular weight excluding hydrogens is 224 g/mol. The number of rotatable bonds is 7. The van der Waals surface area contributed by atoms with E-state index in [1.165, 1.54) is 0 Å². The minimum absolute atomic E-state index is 0.505. The fourth-order valence-electron chi connectivity index (χ4n) is 2.01. The molecule has 0 saturated carbocycles. The van der Waals surface area contributed by atoms with Crippen LogP contribution >= 0.6 is 0 Å². The van der Waals surface area contributed by atoms with Crippen molar-refractivity contribution in [3.63, 3.8) is 0 Å². The van der Waals surface area contributed by atoms with Crippen LogP contribution in [-0.4, -0.2) is 31.1 Å². The van der Waals surface area contributed by atoms with Crippen LogP contribution in [0.5, 0.6) is 5.75 Å². The highest BCUT2D eigenvalue weighted by atomic mass is 16.5. The van der Waals surface area contributed by atoms with Gasteiger partial charge in [0.2, 0.25) is 0 Å². The second-order valence-electron chi connectivity index (χ2n) is 4.94. The molecule has 0 heterocycles. The molecule has 0 radical (unpaired) electrons. The first-order chi connectivity index (χ1) is 8.56. The molecule has 1 rings (SSSR count). The standard InChI is InChI=1S/C15H26N2O/c1-5-17(6-2)10-13(4)11-18-15-8-7-12(3)9-14(15)16/h7-9,13H,5-6,10-11,16H2,1-4H3. The first kappa shape index (κ1) is 14.8. The molecule has 0 saturated heterocycles. The Labute approximate surface area is 111 Å². The molecule has 1 aromatic carbocycles. The highest BCUT2D eigenvalue weighted by molar-refractivity contribution is 5.53. The van der Waals surface area contributed by atoms with Crippen LogP contribution in [0.25, 0.3) is 0 Å². The van der Waals surface area contributed by atoms with Gasteiger partial charge in [0.25, 0.3) is 0 Å². The summed E-state index contributed by atoms with van der Waals surface area (Å²) in [6.07, 6.45) is 0. The number of anilines is 1. The van der Waals surface area contributed by atoms with Crippen molar-refractivity contribution in [2.45, 2.75) is 27.7 Å². The van der Waals surface area contributed by atoms with Crippen molar-refractivity contribution in [1.82, 2.24) is 4.90 Å². The van der Waals surface area contributed by atoms with Gasteiger partial charge < -0.3 is 15.4 Å². The van der Waals surface area contributed by atoms with Gasteiger partial charge in [-0.25, -0.2) is 0 Å². The van der Waals surface area contributed by atoms with Crippen LogP contribution in [0.2, 0.25) is 0 Å². The molecular formula is C15H26N2O. The van der Waals surface area contributed by atoms with E-state index < -0.39 is 0 Å². The molecule has 3 heteroatoms. The van der Waals surface area contributed by atoms with Crippen molar-refractivity contribution in [1.29, 1.82) is 0 Å². The van der Waals surface area contributed by atoms with Crippen molar-refractivity contribution in [2.24, 2.45) is 5.92 Å². The number of nitrogen functional groups attached to an aromatic ring is 1. The predicted octanol–water partition coefficient (Wildman–Crippen LogP) is 2.93. The maximum Gasteiger partial charge on any atom is 0.142 e. The minimum atomic E-state index is 0.505. The van der Waals surface area contributed by atoms with Gasteiger partial charge in [0.15, 0.2) is 0 Å². The van der Waals surface area contributed by atoms with E-state index in [-0.39, 0.29) is 0 Å². The van der Waals surface area contributed by atoms with E-state index in [1.807, 2.05) is 25.1 Å². The van der Waals surface area contributed by atoms with E-state index >= 15 is 0 Å². The monoisotopic (exact) mass is 250 g/mol. The lowest BCUT2D eigenvalue weighted by atomic mass is 10.1. The minimum Gasteiger partial charge on any atom is -0.491 e. The van der Waals surface area contributed by atoms with Crippen molar-refractivity contribution >= 4 is 5.69 Å². The Bertz CT molecular complexity index is 362. The average Bonchev–Trinajstić information content (AvgIpc) is 2.35. The smallest absolute Gasteiger partial charge is 0.142 e. The summed E-state index contributed by atoms with van der Waals surface area (Å²) in [5.74, 6) is 1.30. The Hall–Kier alpha value is -1.22. The van der Waals surface area contributed by atoms with E-state index in [4.69, 9.17) is 10.5 Å². The molecule has 102 valence electrons. The molecule has 0 aromatic heterocycles. The summed E-state index contributed by atoms with van der Waals surface area (Å²) in [6, 6.07) is 5.93. The van der Waals surface area contributed by atoms with Crippen LogP contribution in [0.4, 0.5) is 5.69 Å². The van der Waals surface area contributed by atoms with Crippen molar-refractivity contribution < 1.29 is 4.74 Å². The molecule has 1 unspecified atom stereocenters. The van der Waals surface area contributed by atoms with E-state index in [0.717, 1.165) is 36.6 Å². The maximum atomic E-state index is 5.93. The third-order valence-corrected chi connectivity index (χ3v) is 3.15. The molecule has 0 spiro atoms. The molecule has 3 nitrogen and oxygen atoms in total. The van der Waals surface area contributed by atoms with Gasteiger partial charge in [-0.15, -0.1) is 0 Å². The fraction of sp³-hybridized carbons (Fsp3) is 0.600. The fourth-order valence-corrected chi connectivity index (χ4v) is 2.01. The zero-order valence-electron chi connectivity index (χ0n) is 12.1. The molecule has 0 aliphatic carbocycles. The van der Waals surface area contributed by atoms with E-state index in [0.29, 0.717) is 12.5 Å². The molecule has 1 atom stereocenters. The number of ether oxygens (including phenoxy) is 1. The van der Waals surface area contributed by atoms with Gasteiger partial charge in [-0.2, -0.15) is 0 Å². The predicted molar refractivity (Wildman–Crippen MR) is 78.0 cm³/mol. The van der Waals surface area contributed by atoms with Gasteiger partial charge >= 0.3 is 0 Å². The second kappa shape index (κ2) is 7.27. The van der Waals surface area contributed by atoms with E-state index in [1.54, 1.807) is 0 Å². The topological polar surface area (TPSA) is 38.5 Å². The van der Waals surface area contributed by atoms with Crippen LogP contribution < -0.4 is 10.5 Å². The SMILES string of the molecule is CCN(CC)CC(C)COc1ccc(C)cc1N. The average molecular weight is 250 g/mol. The van der Waals surface area contributed by atoms with Crippen LogP contribution in [0, 0.1) is 12.8 Å². The van der Waals surface area contributed by atoms with Crippen molar-refractivity contribution in [2.75, 3.05) is 32.0 Å². The Kier molecular flexibility index (Phi) is 5.99. The maximum absolute atomic E-state index is 5.93. The number of aryl methyl sites for hydroxylation is 1. The van der Waals surface area contributed by atoms with Crippen molar-refractivity contribution in [3.8, 4) is 5.75 Å². The molecule has 0 aliphatic heterocycles. The van der Waals surface area contributed by atoms with Gasteiger partial charge in [-0.1, -0.05) is 26.8 Å². The zero-order valence-corrected chi connectivity index (χ0v) is 12.1. The van der Waals surface area contributed by atoms with Gasteiger partial charge in [0, 0.05) is 12.5 Å². The van der Waals surface area contributed by atoms with Gasteiger partial charge in [-0.3, -0.25) is 0 Å². The largest absolute Gasteiger partial charge is 0.491 e. The van der Waals surface area contributed by atoms with Crippen LogP contribution in [0.15, 0.2) is 18.2 Å². The van der Waals surface area contributed by atoms with Gasteiger partial charge in [0.1, 0.15) is 5.75 Å². The van der Waals surface area contributed by atoms with E-state index in [9.17, 15) is 0 Å².